The van der Waals surface area contributed by atoms with Crippen molar-refractivity contribution in [3.05, 3.63) is 35.4 Å². The number of rotatable bonds is 4. The zero-order chi connectivity index (χ0) is 14.7. The van der Waals surface area contributed by atoms with Gasteiger partial charge in [-0.05, 0) is 35.8 Å². The molecule has 0 fully saturated rings. The maximum absolute atomic E-state index is 11.9. The lowest BCUT2D eigenvalue weighted by Crippen LogP contribution is -2.44. The third-order valence-electron chi connectivity index (χ3n) is 4.29. The Morgan fingerprint density at radius 2 is 1.90 bits per heavy atom. The fourth-order valence-corrected chi connectivity index (χ4v) is 3.05. The summed E-state index contributed by atoms with van der Waals surface area (Å²) >= 11 is 0. The summed E-state index contributed by atoms with van der Waals surface area (Å²) in [6.45, 7) is 6.37. The van der Waals surface area contributed by atoms with Crippen LogP contribution in [0.25, 0.3) is 0 Å². The summed E-state index contributed by atoms with van der Waals surface area (Å²) in [7, 11) is 1.45. The molecule has 0 saturated carbocycles. The van der Waals surface area contributed by atoms with Gasteiger partial charge in [0, 0.05) is 6.04 Å². The van der Waals surface area contributed by atoms with Crippen LogP contribution in [0.4, 0.5) is 0 Å². The highest BCUT2D eigenvalue weighted by Gasteiger charge is 2.30. The summed E-state index contributed by atoms with van der Waals surface area (Å²) in [4.78, 5) is 11.9. The summed E-state index contributed by atoms with van der Waals surface area (Å²) in [5.74, 6) is 0.643. The second-order valence-electron chi connectivity index (χ2n) is 6.07. The minimum atomic E-state index is -0.244. The molecule has 0 saturated heterocycles. The fourth-order valence-electron chi connectivity index (χ4n) is 3.05. The number of fused-ring (bicyclic) bond motifs is 1. The summed E-state index contributed by atoms with van der Waals surface area (Å²) in [5.41, 5.74) is 2.74. The molecule has 1 aromatic rings. The molecule has 3 heteroatoms. The Balaban J connectivity index is 2.21. The predicted octanol–water partition coefficient (Wildman–Crippen LogP) is 3.41. The van der Waals surface area contributed by atoms with Gasteiger partial charge in [-0.2, -0.15) is 0 Å². The quantitative estimate of drug-likeness (QED) is 0.856. The van der Waals surface area contributed by atoms with E-state index in [0.29, 0.717) is 5.92 Å². The average Bonchev–Trinajstić information content (AvgIpc) is 2.46. The number of nitrogens with one attached hydrogen (secondary N) is 1. The molecular formula is C17H25NO2. The summed E-state index contributed by atoms with van der Waals surface area (Å²) < 4.78 is 4.92. The van der Waals surface area contributed by atoms with Gasteiger partial charge in [0.05, 0.1) is 7.11 Å². The lowest BCUT2D eigenvalue weighted by atomic mass is 9.80. The second kappa shape index (κ2) is 6.40. The Morgan fingerprint density at radius 1 is 1.25 bits per heavy atom. The molecule has 1 aromatic carbocycles. The molecule has 0 heterocycles. The van der Waals surface area contributed by atoms with E-state index in [-0.39, 0.29) is 24.0 Å². The van der Waals surface area contributed by atoms with E-state index in [1.807, 2.05) is 13.8 Å². The van der Waals surface area contributed by atoms with Crippen LogP contribution in [0.3, 0.4) is 0 Å². The second-order valence-corrected chi connectivity index (χ2v) is 6.07. The van der Waals surface area contributed by atoms with Crippen LogP contribution in [0.2, 0.25) is 0 Å². The summed E-state index contributed by atoms with van der Waals surface area (Å²) in [6, 6.07) is 8.56. The molecule has 110 valence electrons. The molecule has 3 atom stereocenters. The van der Waals surface area contributed by atoms with Gasteiger partial charge < -0.3 is 4.74 Å². The van der Waals surface area contributed by atoms with Gasteiger partial charge in [-0.25, -0.2) is 0 Å². The van der Waals surface area contributed by atoms with Crippen LogP contribution >= 0.6 is 0 Å². The highest BCUT2D eigenvalue weighted by molar-refractivity contribution is 5.76. The maximum Gasteiger partial charge on any atom is 0.323 e. The SMILES string of the molecule is COC(=O)[C@@H](NC1CCC(C)c2ccccc21)C(C)C. The third-order valence-corrected chi connectivity index (χ3v) is 4.29. The van der Waals surface area contributed by atoms with Crippen molar-refractivity contribution in [1.29, 1.82) is 0 Å². The van der Waals surface area contributed by atoms with Crippen LogP contribution in [0.5, 0.6) is 0 Å². The normalized spacial score (nSPS) is 23.2. The molecule has 1 aliphatic carbocycles. The Kier molecular flexibility index (Phi) is 4.81. The Labute approximate surface area is 121 Å². The number of esters is 1. The molecule has 1 N–H and O–H groups in total. The van der Waals surface area contributed by atoms with Crippen molar-refractivity contribution < 1.29 is 9.53 Å². The number of benzene rings is 1. The molecule has 0 aromatic heterocycles. The molecule has 0 aliphatic heterocycles. The molecule has 0 amide bonds. The largest absolute Gasteiger partial charge is 0.468 e. The van der Waals surface area contributed by atoms with E-state index in [9.17, 15) is 4.79 Å². The molecule has 0 radical (unpaired) electrons. The van der Waals surface area contributed by atoms with Crippen molar-refractivity contribution in [1.82, 2.24) is 5.32 Å². The van der Waals surface area contributed by atoms with Crippen molar-refractivity contribution in [3.63, 3.8) is 0 Å². The van der Waals surface area contributed by atoms with Gasteiger partial charge in [-0.1, -0.05) is 45.0 Å². The fraction of sp³-hybridized carbons (Fsp3) is 0.588. The predicted molar refractivity (Wildman–Crippen MR) is 80.6 cm³/mol. The monoisotopic (exact) mass is 275 g/mol. The van der Waals surface area contributed by atoms with Gasteiger partial charge in [0.1, 0.15) is 6.04 Å². The van der Waals surface area contributed by atoms with Crippen molar-refractivity contribution in [3.8, 4) is 0 Å². The standard InChI is InChI=1S/C17H25NO2/c1-11(2)16(17(19)20-4)18-15-10-9-12(3)13-7-5-6-8-14(13)15/h5-8,11-12,15-16,18H,9-10H2,1-4H3/t12?,15?,16-/m0/s1. The highest BCUT2D eigenvalue weighted by Crippen LogP contribution is 2.37. The average molecular weight is 275 g/mol. The Morgan fingerprint density at radius 3 is 2.50 bits per heavy atom. The van der Waals surface area contributed by atoms with Gasteiger partial charge >= 0.3 is 5.97 Å². The van der Waals surface area contributed by atoms with E-state index in [1.165, 1.54) is 18.2 Å². The topological polar surface area (TPSA) is 38.3 Å². The van der Waals surface area contributed by atoms with Crippen LogP contribution in [-0.2, 0) is 9.53 Å². The molecule has 2 unspecified atom stereocenters. The molecule has 0 bridgehead atoms. The number of hydrogen-bond donors (Lipinski definition) is 1. The van der Waals surface area contributed by atoms with Crippen molar-refractivity contribution in [2.45, 2.75) is 51.6 Å². The van der Waals surface area contributed by atoms with Crippen LogP contribution < -0.4 is 5.32 Å². The van der Waals surface area contributed by atoms with E-state index < -0.39 is 0 Å². The number of carbonyl (C=O) groups is 1. The molecular weight excluding hydrogens is 250 g/mol. The molecule has 20 heavy (non-hydrogen) atoms. The van der Waals surface area contributed by atoms with Gasteiger partial charge in [0.15, 0.2) is 0 Å². The highest BCUT2D eigenvalue weighted by atomic mass is 16.5. The minimum absolute atomic E-state index is 0.170. The zero-order valence-corrected chi connectivity index (χ0v) is 12.8. The summed E-state index contributed by atoms with van der Waals surface area (Å²) in [5, 5.41) is 3.51. The smallest absolute Gasteiger partial charge is 0.323 e. The maximum atomic E-state index is 11.9. The van der Waals surface area contributed by atoms with Crippen LogP contribution in [0.1, 0.15) is 56.7 Å². The van der Waals surface area contributed by atoms with E-state index in [0.717, 1.165) is 12.8 Å². The molecule has 2 rings (SSSR count). The molecule has 1 aliphatic rings. The van der Waals surface area contributed by atoms with Crippen LogP contribution in [0.15, 0.2) is 24.3 Å². The van der Waals surface area contributed by atoms with Gasteiger partial charge in [-0.3, -0.25) is 10.1 Å². The van der Waals surface area contributed by atoms with Crippen molar-refractivity contribution in [2.75, 3.05) is 7.11 Å². The van der Waals surface area contributed by atoms with Gasteiger partial charge in [0.2, 0.25) is 0 Å². The Bertz CT molecular complexity index is 470. The van der Waals surface area contributed by atoms with E-state index in [4.69, 9.17) is 4.74 Å². The Hall–Kier alpha value is -1.35. The number of carbonyl (C=O) groups excluding carboxylic acids is 1. The lowest BCUT2D eigenvalue weighted by Gasteiger charge is -2.33. The third kappa shape index (κ3) is 3.04. The van der Waals surface area contributed by atoms with Crippen molar-refractivity contribution in [2.24, 2.45) is 5.92 Å². The first-order valence-corrected chi connectivity index (χ1v) is 7.47. The first-order chi connectivity index (χ1) is 9.54. The van der Waals surface area contributed by atoms with Crippen LogP contribution in [-0.4, -0.2) is 19.1 Å². The molecule has 3 nitrogen and oxygen atoms in total. The first-order valence-electron chi connectivity index (χ1n) is 7.47. The van der Waals surface area contributed by atoms with Crippen molar-refractivity contribution >= 4 is 5.97 Å². The van der Waals surface area contributed by atoms with E-state index in [2.05, 4.69) is 36.5 Å². The number of hydrogen-bond acceptors (Lipinski definition) is 3. The zero-order valence-electron chi connectivity index (χ0n) is 12.8. The minimum Gasteiger partial charge on any atom is -0.468 e. The summed E-state index contributed by atoms with van der Waals surface area (Å²) in [6.07, 6.45) is 2.22. The number of ether oxygens (including phenoxy) is 1. The van der Waals surface area contributed by atoms with E-state index in [1.54, 1.807) is 0 Å². The number of methoxy groups -OCH3 is 1. The lowest BCUT2D eigenvalue weighted by molar-refractivity contribution is -0.144. The van der Waals surface area contributed by atoms with E-state index >= 15 is 0 Å². The van der Waals surface area contributed by atoms with Crippen LogP contribution in [0, 0.1) is 5.92 Å². The first kappa shape index (κ1) is 15.0. The molecule has 0 spiro atoms. The van der Waals surface area contributed by atoms with Gasteiger partial charge in [-0.15, -0.1) is 0 Å². The van der Waals surface area contributed by atoms with Gasteiger partial charge in [0.25, 0.3) is 0 Å².